The van der Waals surface area contributed by atoms with Gasteiger partial charge in [0, 0.05) is 11.6 Å². The van der Waals surface area contributed by atoms with Crippen LogP contribution in [-0.2, 0) is 0 Å². The van der Waals surface area contributed by atoms with E-state index in [1.54, 1.807) is 24.3 Å². The first-order valence-electron chi connectivity index (χ1n) is 8.47. The zero-order valence-corrected chi connectivity index (χ0v) is 16.5. The van der Waals surface area contributed by atoms with E-state index in [4.69, 9.17) is 21.7 Å². The Labute approximate surface area is 168 Å². The van der Waals surface area contributed by atoms with E-state index in [9.17, 15) is 14.9 Å². The maximum atomic E-state index is 12.4. The van der Waals surface area contributed by atoms with Crippen molar-refractivity contribution in [1.29, 1.82) is 0 Å². The fourth-order valence-corrected chi connectivity index (χ4v) is 2.42. The van der Waals surface area contributed by atoms with Gasteiger partial charge in [0.15, 0.2) is 5.11 Å². The number of benzene rings is 2. The van der Waals surface area contributed by atoms with Crippen molar-refractivity contribution in [3.8, 4) is 11.5 Å². The van der Waals surface area contributed by atoms with Crippen LogP contribution >= 0.6 is 12.2 Å². The monoisotopic (exact) mass is 403 g/mol. The second-order valence-corrected chi connectivity index (χ2v) is 6.69. The third kappa shape index (κ3) is 5.92. The van der Waals surface area contributed by atoms with Gasteiger partial charge < -0.3 is 14.8 Å². The highest BCUT2D eigenvalue weighted by atomic mass is 32.1. The van der Waals surface area contributed by atoms with E-state index in [2.05, 4.69) is 10.6 Å². The minimum Gasteiger partial charge on any atom is -0.494 e. The minimum atomic E-state index is -0.527. The Morgan fingerprint density at radius 3 is 2.64 bits per heavy atom. The molecule has 8 nitrogen and oxygen atoms in total. The number of nitrogens with zero attached hydrogens (tertiary/aromatic N) is 1. The Balaban J connectivity index is 2.04. The minimum absolute atomic E-state index is 0.0330. The summed E-state index contributed by atoms with van der Waals surface area (Å²) in [6.45, 7) is 4.62. The Bertz CT molecular complexity index is 886. The summed E-state index contributed by atoms with van der Waals surface area (Å²) in [6.07, 6.45) is 0. The molecule has 2 aromatic carbocycles. The van der Waals surface area contributed by atoms with Gasteiger partial charge in [0.2, 0.25) is 0 Å². The molecule has 0 aliphatic heterocycles. The van der Waals surface area contributed by atoms with Crippen LogP contribution in [0.2, 0.25) is 0 Å². The van der Waals surface area contributed by atoms with Crippen molar-refractivity contribution >= 4 is 34.6 Å². The number of hydrogen-bond donors (Lipinski definition) is 2. The van der Waals surface area contributed by atoms with Gasteiger partial charge in [-0.25, -0.2) is 0 Å². The van der Waals surface area contributed by atoms with Crippen LogP contribution in [0.3, 0.4) is 0 Å². The second-order valence-electron chi connectivity index (χ2n) is 6.28. The smallest absolute Gasteiger partial charge is 0.273 e. The summed E-state index contributed by atoms with van der Waals surface area (Å²) in [5, 5.41) is 16.3. The molecule has 2 rings (SSSR count). The molecule has 0 fully saturated rings. The summed E-state index contributed by atoms with van der Waals surface area (Å²) in [5.41, 5.74) is 0.670. The number of rotatable bonds is 7. The maximum Gasteiger partial charge on any atom is 0.273 e. The number of methoxy groups -OCH3 is 1. The average molecular weight is 403 g/mol. The summed E-state index contributed by atoms with van der Waals surface area (Å²) in [7, 11) is 1.38. The lowest BCUT2D eigenvalue weighted by atomic mass is 10.2. The van der Waals surface area contributed by atoms with Crippen LogP contribution in [0.5, 0.6) is 11.5 Å². The summed E-state index contributed by atoms with van der Waals surface area (Å²) in [5.74, 6) is 0.784. The first-order valence-corrected chi connectivity index (χ1v) is 8.88. The van der Waals surface area contributed by atoms with Gasteiger partial charge >= 0.3 is 0 Å². The van der Waals surface area contributed by atoms with Crippen LogP contribution in [0, 0.1) is 16.0 Å². The van der Waals surface area contributed by atoms with Crippen LogP contribution in [0.1, 0.15) is 24.2 Å². The van der Waals surface area contributed by atoms with Gasteiger partial charge in [-0.15, -0.1) is 0 Å². The number of carbonyl (C=O) groups excluding carboxylic acids is 1. The number of anilines is 1. The van der Waals surface area contributed by atoms with Gasteiger partial charge in [0.25, 0.3) is 11.6 Å². The maximum absolute atomic E-state index is 12.4. The van der Waals surface area contributed by atoms with Crippen LogP contribution in [0.4, 0.5) is 11.4 Å². The number of ether oxygens (including phenoxy) is 2. The van der Waals surface area contributed by atoms with Crippen molar-refractivity contribution in [2.75, 3.05) is 19.0 Å². The quantitative estimate of drug-likeness (QED) is 0.412. The predicted octanol–water partition coefficient (Wildman–Crippen LogP) is 3.77. The number of amides is 1. The lowest BCUT2D eigenvalue weighted by molar-refractivity contribution is -0.384. The van der Waals surface area contributed by atoms with Gasteiger partial charge in [0.1, 0.15) is 11.5 Å². The number of nitro benzene ring substituents is 1. The van der Waals surface area contributed by atoms with E-state index in [1.807, 2.05) is 13.8 Å². The van der Waals surface area contributed by atoms with Crippen molar-refractivity contribution < 1.29 is 19.2 Å². The molecule has 1 amide bonds. The topological polar surface area (TPSA) is 103 Å². The van der Waals surface area contributed by atoms with Crippen molar-refractivity contribution in [2.45, 2.75) is 13.8 Å². The van der Waals surface area contributed by atoms with Crippen molar-refractivity contribution in [3.05, 3.63) is 58.1 Å². The van der Waals surface area contributed by atoms with Gasteiger partial charge in [-0.05, 0) is 42.4 Å². The second kappa shape index (κ2) is 9.65. The van der Waals surface area contributed by atoms with E-state index >= 15 is 0 Å². The lowest BCUT2D eigenvalue weighted by Gasteiger charge is -2.13. The van der Waals surface area contributed by atoms with Crippen LogP contribution < -0.4 is 20.1 Å². The van der Waals surface area contributed by atoms with Gasteiger partial charge in [-0.3, -0.25) is 20.2 Å². The van der Waals surface area contributed by atoms with E-state index in [-0.39, 0.29) is 16.5 Å². The lowest BCUT2D eigenvalue weighted by Crippen LogP contribution is -2.34. The molecule has 0 aliphatic carbocycles. The fraction of sp³-hybridized carbons (Fsp3) is 0.263. The molecule has 148 valence electrons. The van der Waals surface area contributed by atoms with Crippen molar-refractivity contribution in [2.24, 2.45) is 5.92 Å². The molecule has 0 aromatic heterocycles. The third-order valence-corrected chi connectivity index (χ3v) is 3.75. The molecular formula is C19H21N3O5S. The molecular weight excluding hydrogens is 382 g/mol. The summed E-state index contributed by atoms with van der Waals surface area (Å²) in [4.78, 5) is 22.7. The highest BCUT2D eigenvalue weighted by Crippen LogP contribution is 2.28. The zero-order valence-electron chi connectivity index (χ0n) is 15.7. The Morgan fingerprint density at radius 2 is 2.00 bits per heavy atom. The summed E-state index contributed by atoms with van der Waals surface area (Å²) >= 11 is 5.16. The molecule has 0 radical (unpaired) electrons. The molecule has 2 aromatic rings. The molecule has 0 unspecified atom stereocenters. The summed E-state index contributed by atoms with van der Waals surface area (Å²) < 4.78 is 10.8. The Morgan fingerprint density at radius 1 is 1.25 bits per heavy atom. The van der Waals surface area contributed by atoms with E-state index in [1.165, 1.54) is 25.3 Å². The number of carbonyl (C=O) groups is 1. The van der Waals surface area contributed by atoms with Crippen LogP contribution in [-0.4, -0.2) is 29.7 Å². The first kappa shape index (κ1) is 21.1. The van der Waals surface area contributed by atoms with Crippen molar-refractivity contribution in [3.63, 3.8) is 0 Å². The molecule has 0 aliphatic rings. The van der Waals surface area contributed by atoms with Crippen molar-refractivity contribution in [1.82, 2.24) is 5.32 Å². The Hall–Kier alpha value is -3.20. The molecule has 0 bridgehead atoms. The van der Waals surface area contributed by atoms with E-state index in [0.717, 1.165) is 0 Å². The Kier molecular flexibility index (Phi) is 7.28. The molecule has 28 heavy (non-hydrogen) atoms. The normalized spacial score (nSPS) is 10.3. The average Bonchev–Trinajstić information content (AvgIpc) is 2.66. The molecule has 9 heteroatoms. The summed E-state index contributed by atoms with van der Waals surface area (Å²) in [6, 6.07) is 10.8. The molecule has 0 atom stereocenters. The van der Waals surface area contributed by atoms with E-state index < -0.39 is 10.8 Å². The van der Waals surface area contributed by atoms with Crippen LogP contribution in [0.25, 0.3) is 0 Å². The highest BCUT2D eigenvalue weighted by molar-refractivity contribution is 7.80. The predicted molar refractivity (Wildman–Crippen MR) is 110 cm³/mol. The standard InChI is InChI=1S/C19H21N3O5S/c1-12(2)11-27-15-6-4-5-13(9-15)18(23)21-19(28)20-16-8-7-14(22(24)25)10-17(16)26-3/h4-10,12H,11H2,1-3H3,(H2,20,21,23,28). The van der Waals surface area contributed by atoms with Gasteiger partial charge in [-0.2, -0.15) is 0 Å². The molecule has 2 N–H and O–H groups in total. The molecule has 0 saturated heterocycles. The molecule has 0 saturated carbocycles. The third-order valence-electron chi connectivity index (χ3n) is 3.55. The molecule has 0 spiro atoms. The number of thiocarbonyl (C=S) groups is 1. The number of nitrogens with one attached hydrogen (secondary N) is 2. The van der Waals surface area contributed by atoms with Crippen LogP contribution in [0.15, 0.2) is 42.5 Å². The molecule has 0 heterocycles. The largest absolute Gasteiger partial charge is 0.494 e. The van der Waals surface area contributed by atoms with E-state index in [0.29, 0.717) is 29.5 Å². The number of nitro groups is 1. The first-order chi connectivity index (χ1) is 13.3. The zero-order chi connectivity index (χ0) is 20.7. The number of non-ortho nitro benzene ring substituents is 1. The number of hydrogen-bond acceptors (Lipinski definition) is 6. The highest BCUT2D eigenvalue weighted by Gasteiger charge is 2.14. The fourth-order valence-electron chi connectivity index (χ4n) is 2.22. The van der Waals surface area contributed by atoms with Gasteiger partial charge in [0.05, 0.1) is 30.4 Å². The SMILES string of the molecule is COc1cc([N+](=O)[O-])ccc1NC(=S)NC(=O)c1cccc(OCC(C)C)c1. The van der Waals surface area contributed by atoms with Gasteiger partial charge in [-0.1, -0.05) is 19.9 Å².